The normalized spacial score (nSPS) is 12.9. The molecule has 0 bridgehead atoms. The van der Waals surface area contributed by atoms with Gasteiger partial charge in [0.25, 0.3) is 0 Å². The highest BCUT2D eigenvalue weighted by atomic mass is 15.1. The lowest BCUT2D eigenvalue weighted by molar-refractivity contribution is 0.392. The van der Waals surface area contributed by atoms with E-state index in [4.69, 9.17) is 5.73 Å². The largest absolute Gasteiger partial charge is 0.368 e. The molecule has 0 radical (unpaired) electrons. The predicted molar refractivity (Wildman–Crippen MR) is 58.1 cm³/mol. The first-order valence-corrected chi connectivity index (χ1v) is 4.57. The number of hydrogen-bond donors (Lipinski definition) is 2. The molecular formula is C9H17N5. The van der Waals surface area contributed by atoms with E-state index in [1.54, 1.807) is 6.20 Å². The van der Waals surface area contributed by atoms with Crippen molar-refractivity contribution in [3.05, 3.63) is 12.3 Å². The van der Waals surface area contributed by atoms with E-state index in [0.717, 1.165) is 12.4 Å². The Morgan fingerprint density at radius 3 is 2.86 bits per heavy atom. The van der Waals surface area contributed by atoms with Crippen molar-refractivity contribution in [3.8, 4) is 0 Å². The van der Waals surface area contributed by atoms with Crippen LogP contribution in [-0.2, 0) is 0 Å². The summed E-state index contributed by atoms with van der Waals surface area (Å²) < 4.78 is 0. The van der Waals surface area contributed by atoms with Crippen LogP contribution >= 0.6 is 0 Å². The summed E-state index contributed by atoms with van der Waals surface area (Å²) >= 11 is 0. The molecule has 3 N–H and O–H groups in total. The third kappa shape index (κ3) is 3.57. The van der Waals surface area contributed by atoms with E-state index >= 15 is 0 Å². The number of nitrogens with two attached hydrogens (primary N) is 1. The maximum Gasteiger partial charge on any atom is 0.221 e. The van der Waals surface area contributed by atoms with Gasteiger partial charge >= 0.3 is 0 Å². The maximum absolute atomic E-state index is 5.46. The molecule has 1 aromatic rings. The van der Waals surface area contributed by atoms with Gasteiger partial charge in [-0.15, -0.1) is 0 Å². The van der Waals surface area contributed by atoms with Gasteiger partial charge in [-0.3, -0.25) is 0 Å². The molecule has 1 atom stereocenters. The summed E-state index contributed by atoms with van der Waals surface area (Å²) in [7, 11) is 4.07. The first kappa shape index (κ1) is 10.7. The zero-order chi connectivity index (χ0) is 10.6. The van der Waals surface area contributed by atoms with Crippen LogP contribution in [0.25, 0.3) is 0 Å². The highest BCUT2D eigenvalue weighted by Gasteiger charge is 2.03. The van der Waals surface area contributed by atoms with Gasteiger partial charge in [-0.05, 0) is 27.1 Å². The smallest absolute Gasteiger partial charge is 0.221 e. The van der Waals surface area contributed by atoms with Gasteiger partial charge in [0, 0.05) is 18.8 Å². The van der Waals surface area contributed by atoms with Crippen LogP contribution < -0.4 is 11.1 Å². The number of anilines is 2. The summed E-state index contributed by atoms with van der Waals surface area (Å²) in [6.07, 6.45) is 1.65. The number of nitrogens with zero attached hydrogens (tertiary/aromatic N) is 3. The molecule has 0 aromatic carbocycles. The highest BCUT2D eigenvalue weighted by molar-refractivity contribution is 5.38. The second-order valence-corrected chi connectivity index (χ2v) is 3.61. The minimum Gasteiger partial charge on any atom is -0.368 e. The van der Waals surface area contributed by atoms with Crippen molar-refractivity contribution in [3.63, 3.8) is 0 Å². The zero-order valence-electron chi connectivity index (χ0n) is 8.86. The molecule has 0 saturated heterocycles. The monoisotopic (exact) mass is 195 g/mol. The van der Waals surface area contributed by atoms with Crippen LogP contribution in [0.15, 0.2) is 12.3 Å². The van der Waals surface area contributed by atoms with Gasteiger partial charge < -0.3 is 16.0 Å². The molecule has 14 heavy (non-hydrogen) atoms. The summed E-state index contributed by atoms with van der Waals surface area (Å²) in [6.45, 7) is 3.04. The fraction of sp³-hybridized carbons (Fsp3) is 0.556. The summed E-state index contributed by atoms with van der Waals surface area (Å²) in [5.74, 6) is 1.07. The number of likely N-dealkylation sites (N-methyl/N-ethyl adjacent to an activating group) is 1. The van der Waals surface area contributed by atoms with Gasteiger partial charge in [-0.1, -0.05) is 0 Å². The van der Waals surface area contributed by atoms with Crippen molar-refractivity contribution in [2.45, 2.75) is 13.0 Å². The van der Waals surface area contributed by atoms with Gasteiger partial charge in [0.15, 0.2) is 0 Å². The second-order valence-electron chi connectivity index (χ2n) is 3.61. The van der Waals surface area contributed by atoms with Crippen molar-refractivity contribution in [2.75, 3.05) is 31.7 Å². The lowest BCUT2D eigenvalue weighted by Gasteiger charge is -2.18. The van der Waals surface area contributed by atoms with Gasteiger partial charge in [-0.2, -0.15) is 4.98 Å². The minimum atomic E-state index is 0.298. The Bertz CT molecular complexity index is 286. The summed E-state index contributed by atoms with van der Waals surface area (Å²) in [5, 5.41) is 3.24. The molecule has 0 fully saturated rings. The molecule has 5 nitrogen and oxygen atoms in total. The van der Waals surface area contributed by atoms with Crippen LogP contribution in [0, 0.1) is 0 Å². The Morgan fingerprint density at radius 1 is 1.57 bits per heavy atom. The zero-order valence-corrected chi connectivity index (χ0v) is 8.86. The molecule has 1 unspecified atom stereocenters. The van der Waals surface area contributed by atoms with Crippen LogP contribution in [0.1, 0.15) is 6.92 Å². The van der Waals surface area contributed by atoms with Gasteiger partial charge in [0.05, 0.1) is 0 Å². The van der Waals surface area contributed by atoms with Gasteiger partial charge in [-0.25, -0.2) is 4.98 Å². The number of nitrogens with one attached hydrogen (secondary N) is 1. The average Bonchev–Trinajstić information content (AvgIpc) is 2.01. The summed E-state index contributed by atoms with van der Waals surface area (Å²) in [4.78, 5) is 10.00. The fourth-order valence-electron chi connectivity index (χ4n) is 1.30. The fourth-order valence-corrected chi connectivity index (χ4v) is 1.30. The molecule has 0 saturated carbocycles. The molecule has 1 heterocycles. The lowest BCUT2D eigenvalue weighted by Crippen LogP contribution is -2.30. The molecule has 1 aromatic heterocycles. The lowest BCUT2D eigenvalue weighted by atomic mass is 10.3. The standard InChI is InChI=1S/C9H17N5/c1-7(6-14(2)3)12-8-4-5-11-9(10)13-8/h4-5,7H,6H2,1-3H3,(H3,10,11,12,13). The molecule has 0 aliphatic carbocycles. The Balaban J connectivity index is 2.51. The van der Waals surface area contributed by atoms with Crippen LogP contribution in [-0.4, -0.2) is 41.5 Å². The molecule has 1 rings (SSSR count). The Kier molecular flexibility index (Phi) is 3.64. The van der Waals surface area contributed by atoms with Crippen molar-refractivity contribution < 1.29 is 0 Å². The summed E-state index contributed by atoms with van der Waals surface area (Å²) in [5.41, 5.74) is 5.46. The SMILES string of the molecule is CC(CN(C)C)Nc1ccnc(N)n1. The minimum absolute atomic E-state index is 0.298. The van der Waals surface area contributed by atoms with Crippen molar-refractivity contribution in [1.29, 1.82) is 0 Å². The number of nitrogen functional groups attached to an aromatic ring is 1. The van der Waals surface area contributed by atoms with E-state index in [2.05, 4.69) is 27.1 Å². The summed E-state index contributed by atoms with van der Waals surface area (Å²) in [6, 6.07) is 2.14. The molecule has 5 heteroatoms. The van der Waals surface area contributed by atoms with Crippen LogP contribution in [0.5, 0.6) is 0 Å². The van der Waals surface area contributed by atoms with E-state index in [9.17, 15) is 0 Å². The Labute approximate surface area is 84.3 Å². The Hall–Kier alpha value is -1.36. The Morgan fingerprint density at radius 2 is 2.29 bits per heavy atom. The second kappa shape index (κ2) is 4.76. The first-order valence-electron chi connectivity index (χ1n) is 4.57. The van der Waals surface area contributed by atoms with E-state index in [1.165, 1.54) is 0 Å². The third-order valence-corrected chi connectivity index (χ3v) is 1.71. The topological polar surface area (TPSA) is 67.1 Å². The molecule has 0 amide bonds. The molecule has 0 spiro atoms. The first-order chi connectivity index (χ1) is 6.58. The van der Waals surface area contributed by atoms with E-state index in [-0.39, 0.29) is 0 Å². The molecule has 0 aliphatic heterocycles. The number of aromatic nitrogens is 2. The maximum atomic E-state index is 5.46. The molecular weight excluding hydrogens is 178 g/mol. The van der Waals surface area contributed by atoms with Crippen LogP contribution in [0.4, 0.5) is 11.8 Å². The molecule has 78 valence electrons. The third-order valence-electron chi connectivity index (χ3n) is 1.71. The van der Waals surface area contributed by atoms with E-state index in [1.807, 2.05) is 20.2 Å². The highest BCUT2D eigenvalue weighted by Crippen LogP contribution is 2.04. The van der Waals surface area contributed by atoms with E-state index in [0.29, 0.717) is 12.0 Å². The number of rotatable bonds is 4. The van der Waals surface area contributed by atoms with Gasteiger partial charge in [0.1, 0.15) is 5.82 Å². The van der Waals surface area contributed by atoms with Crippen molar-refractivity contribution >= 4 is 11.8 Å². The van der Waals surface area contributed by atoms with Crippen molar-refractivity contribution in [1.82, 2.24) is 14.9 Å². The average molecular weight is 195 g/mol. The quantitative estimate of drug-likeness (QED) is 0.729. The van der Waals surface area contributed by atoms with Crippen LogP contribution in [0.3, 0.4) is 0 Å². The van der Waals surface area contributed by atoms with Gasteiger partial charge in [0.2, 0.25) is 5.95 Å². The van der Waals surface area contributed by atoms with Crippen LogP contribution in [0.2, 0.25) is 0 Å². The van der Waals surface area contributed by atoms with E-state index < -0.39 is 0 Å². The molecule has 0 aliphatic rings. The van der Waals surface area contributed by atoms with Crippen molar-refractivity contribution in [2.24, 2.45) is 0 Å². The predicted octanol–water partition coefficient (Wildman–Crippen LogP) is 0.421. The number of hydrogen-bond acceptors (Lipinski definition) is 5.